The van der Waals surface area contributed by atoms with Crippen LogP contribution in [0, 0.1) is 0 Å². The number of hydrogen-bond donors (Lipinski definition) is 2. The molecule has 1 aromatic rings. The van der Waals surface area contributed by atoms with Gasteiger partial charge in [0.2, 0.25) is 0 Å². The average molecular weight is 326 g/mol. The van der Waals surface area contributed by atoms with E-state index in [4.69, 9.17) is 0 Å². The molecule has 0 saturated carbocycles. The molecule has 21 heavy (non-hydrogen) atoms. The lowest BCUT2D eigenvalue weighted by atomic mass is 10.1. The molecule has 2 saturated heterocycles. The lowest BCUT2D eigenvalue weighted by molar-refractivity contribution is 0.0941. The molecule has 0 spiro atoms. The van der Waals surface area contributed by atoms with E-state index in [1.807, 2.05) is 35.7 Å². The van der Waals surface area contributed by atoms with Crippen LogP contribution in [0.4, 0.5) is 0 Å². The first-order valence-corrected chi connectivity index (χ1v) is 9.90. The molecular weight excluding hydrogens is 302 g/mol. The van der Waals surface area contributed by atoms with Crippen molar-refractivity contribution in [3.8, 4) is 0 Å². The van der Waals surface area contributed by atoms with E-state index in [9.17, 15) is 4.79 Å². The van der Waals surface area contributed by atoms with E-state index < -0.39 is 0 Å². The minimum atomic E-state index is 0.0784. The number of carbonyl (C=O) groups excluding carboxylic acids is 1. The van der Waals surface area contributed by atoms with E-state index in [0.717, 1.165) is 43.9 Å². The maximum Gasteiger partial charge on any atom is 0.267 e. The Morgan fingerprint density at radius 3 is 3.00 bits per heavy atom. The smallest absolute Gasteiger partial charge is 0.267 e. The highest BCUT2D eigenvalue weighted by Crippen LogP contribution is 2.24. The number of carbonyl (C=O) groups is 1. The van der Waals surface area contributed by atoms with E-state index in [0.29, 0.717) is 11.3 Å². The van der Waals surface area contributed by atoms with Crippen LogP contribution in [0.1, 0.15) is 29.4 Å². The van der Waals surface area contributed by atoms with Crippen molar-refractivity contribution in [1.29, 1.82) is 0 Å². The van der Waals surface area contributed by atoms with Crippen LogP contribution >= 0.6 is 23.5 Å². The van der Waals surface area contributed by atoms with Crippen molar-refractivity contribution in [3.63, 3.8) is 0 Å². The van der Waals surface area contributed by atoms with Gasteiger partial charge in [0.15, 0.2) is 0 Å². The molecule has 2 aliphatic rings. The Labute approximate surface area is 134 Å². The first-order valence-electron chi connectivity index (χ1n) is 7.69. The van der Waals surface area contributed by atoms with Crippen molar-refractivity contribution in [3.05, 3.63) is 24.0 Å². The molecule has 0 radical (unpaired) electrons. The molecule has 6 heteroatoms. The monoisotopic (exact) mass is 325 g/mol. The van der Waals surface area contributed by atoms with Crippen molar-refractivity contribution >= 4 is 29.4 Å². The fourth-order valence-corrected chi connectivity index (χ4v) is 5.55. The van der Waals surface area contributed by atoms with E-state index in [-0.39, 0.29) is 5.91 Å². The van der Waals surface area contributed by atoms with Crippen LogP contribution in [-0.4, -0.2) is 52.6 Å². The number of aromatic nitrogens is 1. The summed E-state index contributed by atoms with van der Waals surface area (Å²) in [5.74, 6) is 3.68. The summed E-state index contributed by atoms with van der Waals surface area (Å²) in [6.07, 6.45) is 4.25. The van der Waals surface area contributed by atoms with Gasteiger partial charge in [-0.3, -0.25) is 4.79 Å². The Kier molecular flexibility index (Phi) is 5.55. The molecule has 0 bridgehead atoms. The van der Waals surface area contributed by atoms with Crippen LogP contribution in [0.25, 0.3) is 0 Å². The van der Waals surface area contributed by atoms with Gasteiger partial charge in [0, 0.05) is 41.3 Å². The number of nitrogens with one attached hydrogen (secondary N) is 2. The lowest BCUT2D eigenvalue weighted by Gasteiger charge is -2.26. The number of rotatable bonds is 4. The Morgan fingerprint density at radius 2 is 2.24 bits per heavy atom. The SMILES string of the molecule is O=C(NCC1CSCCS1)c1cccn1C1CCNCC1. The summed E-state index contributed by atoms with van der Waals surface area (Å²) in [6.45, 7) is 2.87. The predicted octanol–water partition coefficient (Wildman–Crippen LogP) is 1.99. The lowest BCUT2D eigenvalue weighted by Crippen LogP contribution is -2.36. The first kappa shape index (κ1) is 15.3. The van der Waals surface area contributed by atoms with Gasteiger partial charge >= 0.3 is 0 Å². The van der Waals surface area contributed by atoms with Gasteiger partial charge in [0.1, 0.15) is 5.69 Å². The standard InChI is InChI=1S/C15H23N3OS2/c19-15(17-10-13-11-20-8-9-21-13)14-2-1-7-18(14)12-3-5-16-6-4-12/h1-2,7,12-13,16H,3-6,8-11H2,(H,17,19). The molecule has 0 aromatic carbocycles. The highest BCUT2D eigenvalue weighted by atomic mass is 32.2. The number of piperidine rings is 1. The van der Waals surface area contributed by atoms with Crippen LogP contribution in [-0.2, 0) is 0 Å². The summed E-state index contributed by atoms with van der Waals surface area (Å²) in [6, 6.07) is 4.39. The van der Waals surface area contributed by atoms with Crippen molar-refractivity contribution < 1.29 is 4.79 Å². The van der Waals surface area contributed by atoms with Gasteiger partial charge in [-0.15, -0.1) is 0 Å². The Bertz CT molecular complexity index is 465. The molecule has 1 unspecified atom stereocenters. The largest absolute Gasteiger partial charge is 0.350 e. The van der Waals surface area contributed by atoms with Crippen LogP contribution in [0.15, 0.2) is 18.3 Å². The zero-order valence-electron chi connectivity index (χ0n) is 12.2. The zero-order valence-corrected chi connectivity index (χ0v) is 13.8. The third kappa shape index (κ3) is 3.99. The maximum absolute atomic E-state index is 12.4. The van der Waals surface area contributed by atoms with E-state index in [1.165, 1.54) is 11.5 Å². The Hall–Kier alpha value is -0.590. The van der Waals surface area contributed by atoms with Crippen LogP contribution in [0.5, 0.6) is 0 Å². The number of amides is 1. The van der Waals surface area contributed by atoms with Gasteiger partial charge in [-0.2, -0.15) is 23.5 Å². The number of nitrogens with zero attached hydrogens (tertiary/aromatic N) is 1. The van der Waals surface area contributed by atoms with Crippen molar-refractivity contribution in [2.75, 3.05) is 36.9 Å². The molecule has 116 valence electrons. The van der Waals surface area contributed by atoms with Crippen LogP contribution < -0.4 is 10.6 Å². The quantitative estimate of drug-likeness (QED) is 0.889. The van der Waals surface area contributed by atoms with E-state index in [2.05, 4.69) is 21.4 Å². The molecule has 3 heterocycles. The average Bonchev–Trinajstić information content (AvgIpc) is 3.04. The number of thioether (sulfide) groups is 2. The molecule has 1 amide bonds. The first-order chi connectivity index (χ1) is 10.3. The second-order valence-electron chi connectivity index (χ2n) is 5.56. The second kappa shape index (κ2) is 7.61. The fourth-order valence-electron chi connectivity index (χ4n) is 2.94. The van der Waals surface area contributed by atoms with Crippen molar-refractivity contribution in [1.82, 2.24) is 15.2 Å². The molecule has 3 rings (SSSR count). The summed E-state index contributed by atoms with van der Waals surface area (Å²) in [5.41, 5.74) is 0.815. The third-order valence-electron chi connectivity index (χ3n) is 4.09. The normalized spacial score (nSPS) is 23.9. The summed E-state index contributed by atoms with van der Waals surface area (Å²) in [4.78, 5) is 12.4. The predicted molar refractivity (Wildman–Crippen MR) is 91.5 cm³/mol. The third-order valence-corrected chi connectivity index (χ3v) is 6.93. The van der Waals surface area contributed by atoms with Gasteiger partial charge in [-0.25, -0.2) is 0 Å². The molecule has 4 nitrogen and oxygen atoms in total. The molecule has 2 fully saturated rings. The zero-order chi connectivity index (χ0) is 14.5. The summed E-state index contributed by atoms with van der Waals surface area (Å²) < 4.78 is 2.17. The van der Waals surface area contributed by atoms with Gasteiger partial charge in [0.25, 0.3) is 5.91 Å². The van der Waals surface area contributed by atoms with Crippen molar-refractivity contribution in [2.24, 2.45) is 0 Å². The molecule has 1 aromatic heterocycles. The summed E-state index contributed by atoms with van der Waals surface area (Å²) in [7, 11) is 0. The molecule has 1 atom stereocenters. The number of hydrogen-bond acceptors (Lipinski definition) is 4. The molecular formula is C15H23N3OS2. The van der Waals surface area contributed by atoms with E-state index in [1.54, 1.807) is 0 Å². The van der Waals surface area contributed by atoms with Crippen LogP contribution in [0.3, 0.4) is 0 Å². The van der Waals surface area contributed by atoms with Crippen LogP contribution in [0.2, 0.25) is 0 Å². The summed E-state index contributed by atoms with van der Waals surface area (Å²) >= 11 is 3.98. The topological polar surface area (TPSA) is 46.1 Å². The highest BCUT2D eigenvalue weighted by molar-refractivity contribution is 8.06. The minimum Gasteiger partial charge on any atom is -0.350 e. The Balaban J connectivity index is 1.58. The van der Waals surface area contributed by atoms with Gasteiger partial charge in [0.05, 0.1) is 0 Å². The minimum absolute atomic E-state index is 0.0784. The molecule has 2 aliphatic heterocycles. The Morgan fingerprint density at radius 1 is 1.38 bits per heavy atom. The summed E-state index contributed by atoms with van der Waals surface area (Å²) in [5, 5.41) is 7.06. The van der Waals surface area contributed by atoms with Gasteiger partial charge < -0.3 is 15.2 Å². The maximum atomic E-state index is 12.4. The van der Waals surface area contributed by atoms with Crippen molar-refractivity contribution in [2.45, 2.75) is 24.1 Å². The molecule has 2 N–H and O–H groups in total. The highest BCUT2D eigenvalue weighted by Gasteiger charge is 2.21. The fraction of sp³-hybridized carbons (Fsp3) is 0.667. The van der Waals surface area contributed by atoms with Gasteiger partial charge in [-0.1, -0.05) is 0 Å². The second-order valence-corrected chi connectivity index (χ2v) is 8.12. The van der Waals surface area contributed by atoms with E-state index >= 15 is 0 Å². The van der Waals surface area contributed by atoms with Gasteiger partial charge in [-0.05, 0) is 38.1 Å². The molecule has 0 aliphatic carbocycles.